The van der Waals surface area contributed by atoms with Crippen LogP contribution >= 0.6 is 0 Å². The Labute approximate surface area is 99.3 Å². The molecule has 0 bridgehead atoms. The Hall–Kier alpha value is -1.50. The van der Waals surface area contributed by atoms with Crippen molar-refractivity contribution >= 4 is 5.91 Å². The zero-order valence-corrected chi connectivity index (χ0v) is 10.1. The van der Waals surface area contributed by atoms with Crippen LogP contribution in [0, 0.1) is 0 Å². The summed E-state index contributed by atoms with van der Waals surface area (Å²) in [6.45, 7) is 1.82. The second-order valence-electron chi connectivity index (χ2n) is 4.48. The number of aromatic amines is 1. The van der Waals surface area contributed by atoms with Crippen LogP contribution in [0.5, 0.6) is 0 Å². The van der Waals surface area contributed by atoms with Crippen molar-refractivity contribution in [1.29, 1.82) is 0 Å². The van der Waals surface area contributed by atoms with Gasteiger partial charge in [-0.25, -0.2) is 0 Å². The molecule has 1 unspecified atom stereocenters. The van der Waals surface area contributed by atoms with Crippen molar-refractivity contribution in [3.63, 3.8) is 0 Å². The largest absolute Gasteiger partial charge is 0.378 e. The number of carbonyl (C=O) groups excluding carboxylic acids is 1. The summed E-state index contributed by atoms with van der Waals surface area (Å²) in [5.41, 5.74) is -0.249. The number of rotatable bonds is 5. The Kier molecular flexibility index (Phi) is 3.37. The van der Waals surface area contributed by atoms with Gasteiger partial charge < -0.3 is 10.1 Å². The fourth-order valence-electron chi connectivity index (χ4n) is 2.03. The molecular formula is C10H17N5O2. The molecule has 0 radical (unpaired) electrons. The Morgan fingerprint density at radius 3 is 2.88 bits per heavy atom. The molecule has 0 aromatic carbocycles. The monoisotopic (exact) mass is 239 g/mol. The van der Waals surface area contributed by atoms with Crippen LogP contribution in [-0.4, -0.2) is 39.2 Å². The van der Waals surface area contributed by atoms with E-state index in [0.717, 1.165) is 19.3 Å². The van der Waals surface area contributed by atoms with Gasteiger partial charge in [0.2, 0.25) is 5.91 Å². The van der Waals surface area contributed by atoms with Gasteiger partial charge in [-0.3, -0.25) is 4.79 Å². The number of carbonyl (C=O) groups is 1. The van der Waals surface area contributed by atoms with Gasteiger partial charge in [-0.05, 0) is 26.2 Å². The average Bonchev–Trinajstić information content (AvgIpc) is 2.76. The Bertz CT molecular complexity index is 369. The SMILES string of the molecule is COC1(CC(=O)NC(C)c2nn[nH]n2)CCC1. The Morgan fingerprint density at radius 1 is 1.65 bits per heavy atom. The van der Waals surface area contributed by atoms with Gasteiger partial charge in [0.25, 0.3) is 0 Å². The van der Waals surface area contributed by atoms with Crippen molar-refractivity contribution < 1.29 is 9.53 Å². The first-order valence-electron chi connectivity index (χ1n) is 5.73. The van der Waals surface area contributed by atoms with Gasteiger partial charge >= 0.3 is 0 Å². The number of nitrogens with one attached hydrogen (secondary N) is 2. The van der Waals surface area contributed by atoms with Crippen molar-refractivity contribution in [3.05, 3.63) is 5.82 Å². The van der Waals surface area contributed by atoms with E-state index in [1.165, 1.54) is 0 Å². The van der Waals surface area contributed by atoms with E-state index in [4.69, 9.17) is 4.74 Å². The van der Waals surface area contributed by atoms with E-state index >= 15 is 0 Å². The molecule has 2 N–H and O–H groups in total. The fraction of sp³-hybridized carbons (Fsp3) is 0.800. The molecule has 17 heavy (non-hydrogen) atoms. The summed E-state index contributed by atoms with van der Waals surface area (Å²) in [5.74, 6) is 0.447. The number of tetrazole rings is 1. The van der Waals surface area contributed by atoms with Gasteiger partial charge in [-0.15, -0.1) is 10.2 Å². The van der Waals surface area contributed by atoms with Gasteiger partial charge in [0.15, 0.2) is 5.82 Å². The van der Waals surface area contributed by atoms with Gasteiger partial charge in [-0.1, -0.05) is 5.21 Å². The molecule has 1 aliphatic carbocycles. The number of methoxy groups -OCH3 is 1. The molecule has 1 amide bonds. The lowest BCUT2D eigenvalue weighted by Crippen LogP contribution is -2.44. The lowest BCUT2D eigenvalue weighted by Gasteiger charge is -2.40. The van der Waals surface area contributed by atoms with Crippen LogP contribution in [0.3, 0.4) is 0 Å². The van der Waals surface area contributed by atoms with Crippen LogP contribution in [0.15, 0.2) is 0 Å². The summed E-state index contributed by atoms with van der Waals surface area (Å²) in [6.07, 6.45) is 3.42. The third-order valence-corrected chi connectivity index (χ3v) is 3.31. The highest BCUT2D eigenvalue weighted by molar-refractivity contribution is 5.77. The van der Waals surface area contributed by atoms with Gasteiger partial charge in [0.05, 0.1) is 18.1 Å². The first-order chi connectivity index (χ1) is 8.15. The van der Waals surface area contributed by atoms with Crippen LogP contribution in [-0.2, 0) is 9.53 Å². The van der Waals surface area contributed by atoms with Crippen LogP contribution in [0.25, 0.3) is 0 Å². The van der Waals surface area contributed by atoms with Crippen LogP contribution in [0.4, 0.5) is 0 Å². The number of aromatic nitrogens is 4. The molecule has 2 rings (SSSR count). The molecule has 1 aliphatic rings. The maximum absolute atomic E-state index is 11.8. The van der Waals surface area contributed by atoms with E-state index in [9.17, 15) is 4.79 Å². The topological polar surface area (TPSA) is 92.8 Å². The maximum Gasteiger partial charge on any atom is 0.223 e. The highest BCUT2D eigenvalue weighted by atomic mass is 16.5. The fourth-order valence-corrected chi connectivity index (χ4v) is 2.03. The maximum atomic E-state index is 11.8. The summed E-state index contributed by atoms with van der Waals surface area (Å²) in [5, 5.41) is 16.3. The van der Waals surface area contributed by atoms with Crippen LogP contribution in [0.1, 0.15) is 44.5 Å². The highest BCUT2D eigenvalue weighted by Crippen LogP contribution is 2.37. The smallest absolute Gasteiger partial charge is 0.223 e. The van der Waals surface area contributed by atoms with Gasteiger partial charge in [0, 0.05) is 7.11 Å². The van der Waals surface area contributed by atoms with Crippen molar-refractivity contribution in [1.82, 2.24) is 25.9 Å². The predicted molar refractivity (Wildman–Crippen MR) is 58.9 cm³/mol. The molecule has 94 valence electrons. The molecular weight excluding hydrogens is 222 g/mol. The van der Waals surface area contributed by atoms with Crippen LogP contribution < -0.4 is 5.32 Å². The van der Waals surface area contributed by atoms with Crippen molar-refractivity contribution in [3.8, 4) is 0 Å². The second kappa shape index (κ2) is 4.79. The average molecular weight is 239 g/mol. The van der Waals surface area contributed by atoms with Gasteiger partial charge in [-0.2, -0.15) is 5.21 Å². The first-order valence-corrected chi connectivity index (χ1v) is 5.73. The summed E-state index contributed by atoms with van der Waals surface area (Å²) < 4.78 is 5.41. The van der Waals surface area contributed by atoms with Crippen molar-refractivity contribution in [2.24, 2.45) is 0 Å². The highest BCUT2D eigenvalue weighted by Gasteiger charge is 2.39. The molecule has 1 heterocycles. The third kappa shape index (κ3) is 2.60. The zero-order valence-electron chi connectivity index (χ0n) is 10.1. The van der Waals surface area contributed by atoms with E-state index in [-0.39, 0.29) is 17.6 Å². The van der Waals surface area contributed by atoms with E-state index in [0.29, 0.717) is 12.2 Å². The standard InChI is InChI=1S/C10H17N5O2/c1-7(9-12-14-15-13-9)11-8(16)6-10(17-2)4-3-5-10/h7H,3-6H2,1-2H3,(H,11,16)(H,12,13,14,15). The Morgan fingerprint density at radius 2 is 2.41 bits per heavy atom. The molecule has 1 aromatic rings. The molecule has 7 heteroatoms. The minimum absolute atomic E-state index is 0.0381. The normalized spacial score (nSPS) is 19.4. The molecule has 1 saturated carbocycles. The van der Waals surface area contributed by atoms with Crippen LogP contribution in [0.2, 0.25) is 0 Å². The molecule has 1 fully saturated rings. The number of hydrogen-bond acceptors (Lipinski definition) is 5. The Balaban J connectivity index is 1.85. The number of nitrogens with zero attached hydrogens (tertiary/aromatic N) is 3. The van der Waals surface area contributed by atoms with Crippen molar-refractivity contribution in [2.75, 3.05) is 7.11 Å². The second-order valence-corrected chi connectivity index (χ2v) is 4.48. The molecule has 0 aliphatic heterocycles. The van der Waals surface area contributed by atoms with Crippen molar-refractivity contribution in [2.45, 2.75) is 44.2 Å². The molecule has 0 saturated heterocycles. The van der Waals surface area contributed by atoms with E-state index in [1.54, 1.807) is 7.11 Å². The molecule has 1 atom stereocenters. The summed E-state index contributed by atoms with van der Waals surface area (Å²) in [6, 6.07) is -0.241. The van der Waals surface area contributed by atoms with E-state index in [2.05, 4.69) is 25.9 Å². The predicted octanol–water partition coefficient (Wildman–Crippen LogP) is 0.336. The molecule has 0 spiro atoms. The minimum atomic E-state index is -0.249. The third-order valence-electron chi connectivity index (χ3n) is 3.31. The van der Waals surface area contributed by atoms with Gasteiger partial charge in [0.1, 0.15) is 0 Å². The minimum Gasteiger partial charge on any atom is -0.378 e. The van der Waals surface area contributed by atoms with E-state index < -0.39 is 0 Å². The first kappa shape index (κ1) is 12.0. The summed E-state index contributed by atoms with van der Waals surface area (Å²) in [4.78, 5) is 11.8. The number of H-pyrrole nitrogens is 1. The lowest BCUT2D eigenvalue weighted by molar-refractivity contribution is -0.134. The zero-order chi connectivity index (χ0) is 12.3. The number of ether oxygens (including phenoxy) is 1. The summed E-state index contributed by atoms with van der Waals surface area (Å²) in [7, 11) is 1.66. The van der Waals surface area contributed by atoms with E-state index in [1.807, 2.05) is 6.92 Å². The number of hydrogen-bond donors (Lipinski definition) is 2. The number of amides is 1. The molecule has 1 aromatic heterocycles. The quantitative estimate of drug-likeness (QED) is 0.772. The lowest BCUT2D eigenvalue weighted by atomic mass is 9.77. The molecule has 7 nitrogen and oxygen atoms in total. The summed E-state index contributed by atoms with van der Waals surface area (Å²) >= 11 is 0.